The normalized spacial score (nSPS) is 32.4. The van der Waals surface area contributed by atoms with Gasteiger partial charge in [0.25, 0.3) is 0 Å². The average molecular weight is 421 g/mol. The zero-order chi connectivity index (χ0) is 17.6. The zero-order valence-electron chi connectivity index (χ0n) is 13.4. The maximum atomic E-state index is 10.2. The molecule has 1 aliphatic heterocycles. The molecule has 0 radical (unpaired) electrons. The van der Waals surface area contributed by atoms with Crippen LogP contribution in [0.4, 0.5) is 0 Å². The molecule has 1 saturated carbocycles. The molecular weight excluding hydrogens is 404 g/mol. The van der Waals surface area contributed by atoms with Crippen LogP contribution in [0.5, 0.6) is 0 Å². The van der Waals surface area contributed by atoms with Crippen molar-refractivity contribution in [3.8, 4) is 12.1 Å². The molecule has 0 amide bonds. The number of halogens is 1. The highest BCUT2D eigenvalue weighted by Crippen LogP contribution is 2.85. The molecule has 2 aliphatic rings. The van der Waals surface area contributed by atoms with Gasteiger partial charge in [-0.3, -0.25) is 0 Å². The summed E-state index contributed by atoms with van der Waals surface area (Å²) in [4.78, 5) is 4.68. The second-order valence-corrected chi connectivity index (χ2v) is 9.77. The smallest absolute Gasteiger partial charge is 0.175 e. The number of amidine groups is 1. The lowest BCUT2D eigenvalue weighted by Gasteiger charge is -2.31. The van der Waals surface area contributed by atoms with Crippen LogP contribution in [-0.2, 0) is 0 Å². The first-order valence-corrected chi connectivity index (χ1v) is 10.5. The van der Waals surface area contributed by atoms with Crippen LogP contribution < -0.4 is 5.73 Å². The van der Waals surface area contributed by atoms with E-state index in [1.54, 1.807) is 23.5 Å². The van der Waals surface area contributed by atoms with E-state index in [-0.39, 0.29) is 5.92 Å². The van der Waals surface area contributed by atoms with E-state index in [0.29, 0.717) is 5.84 Å². The molecule has 0 aromatic heterocycles. The van der Waals surface area contributed by atoms with Gasteiger partial charge in [-0.2, -0.15) is 10.5 Å². The Labute approximate surface area is 159 Å². The predicted molar refractivity (Wildman–Crippen MR) is 104 cm³/mol. The van der Waals surface area contributed by atoms with Crippen molar-refractivity contribution in [2.75, 3.05) is 11.5 Å². The zero-order valence-corrected chi connectivity index (χ0v) is 16.6. The van der Waals surface area contributed by atoms with E-state index in [2.05, 4.69) is 33.1 Å². The Morgan fingerprint density at radius 2 is 1.83 bits per heavy atom. The van der Waals surface area contributed by atoms with Crippen LogP contribution in [0.1, 0.15) is 25.3 Å². The van der Waals surface area contributed by atoms with Gasteiger partial charge in [-0.15, -0.1) is 23.5 Å². The highest BCUT2D eigenvalue weighted by Gasteiger charge is 2.92. The van der Waals surface area contributed by atoms with Crippen LogP contribution in [-0.4, -0.2) is 21.5 Å². The Hall–Kier alpha value is -1.15. The summed E-state index contributed by atoms with van der Waals surface area (Å²) in [5, 5.41) is 20.2. The van der Waals surface area contributed by atoms with Crippen molar-refractivity contribution in [3.63, 3.8) is 0 Å². The van der Waals surface area contributed by atoms with Gasteiger partial charge < -0.3 is 5.73 Å². The van der Waals surface area contributed by atoms with E-state index in [0.717, 1.165) is 21.5 Å². The van der Waals surface area contributed by atoms with Crippen LogP contribution in [0.3, 0.4) is 0 Å². The SMILES string of the molecule is CCSC1(SCC)N=C(N)[C@]2(C#N)[C@H](c3ccccc3Br)[C@@]12C#N. The Kier molecular flexibility index (Phi) is 4.40. The molecule has 0 saturated heterocycles. The van der Waals surface area contributed by atoms with E-state index in [1.165, 1.54) is 0 Å². The first kappa shape index (κ1) is 17.7. The summed E-state index contributed by atoms with van der Waals surface area (Å²) >= 11 is 6.80. The number of aliphatic imine (C=N–C) groups is 1. The second-order valence-electron chi connectivity index (χ2n) is 5.74. The summed E-state index contributed by atoms with van der Waals surface area (Å²) < 4.78 is 0.170. The molecule has 2 N–H and O–H groups in total. The van der Waals surface area contributed by atoms with Gasteiger partial charge in [-0.1, -0.05) is 48.0 Å². The van der Waals surface area contributed by atoms with Crippen LogP contribution in [0.2, 0.25) is 0 Å². The number of nitrogens with zero attached hydrogens (tertiary/aromatic N) is 3. The van der Waals surface area contributed by atoms with Gasteiger partial charge in [0, 0.05) is 10.4 Å². The van der Waals surface area contributed by atoms with Crippen molar-refractivity contribution in [1.29, 1.82) is 10.5 Å². The average Bonchev–Trinajstić information content (AvgIpc) is 3.14. The number of hydrogen-bond acceptors (Lipinski definition) is 6. The maximum Gasteiger partial charge on any atom is 0.175 e. The lowest BCUT2D eigenvalue weighted by Crippen LogP contribution is -2.31. The fourth-order valence-electron chi connectivity index (χ4n) is 3.93. The summed E-state index contributed by atoms with van der Waals surface area (Å²) in [6.45, 7) is 4.09. The van der Waals surface area contributed by atoms with E-state index in [1.807, 2.05) is 38.1 Å². The highest BCUT2D eigenvalue weighted by atomic mass is 79.9. The summed E-state index contributed by atoms with van der Waals surface area (Å²) in [5.41, 5.74) is 5.24. The molecule has 3 atom stereocenters. The van der Waals surface area contributed by atoms with Crippen molar-refractivity contribution in [3.05, 3.63) is 34.3 Å². The minimum absolute atomic E-state index is 0.272. The number of fused-ring (bicyclic) bond motifs is 1. The molecule has 3 rings (SSSR count). The van der Waals surface area contributed by atoms with Crippen molar-refractivity contribution in [1.82, 2.24) is 0 Å². The van der Waals surface area contributed by atoms with Gasteiger partial charge in [-0.05, 0) is 23.1 Å². The molecule has 1 fully saturated rings. The van der Waals surface area contributed by atoms with Crippen molar-refractivity contribution in [2.45, 2.75) is 24.0 Å². The van der Waals surface area contributed by atoms with E-state index >= 15 is 0 Å². The largest absolute Gasteiger partial charge is 0.386 e. The standard InChI is InChI=1S/C17H17BrN4S2/c1-3-23-17(24-4-2)16(10-20)13(11-7-5-6-8-12(11)18)15(16,9-19)14(21)22-17/h5-8,13H,3-4H2,1-2H3,(H2,21,22)/t13-,15-,16+/m0/s1. The number of nitriles is 2. The monoisotopic (exact) mass is 420 g/mol. The summed E-state index contributed by atoms with van der Waals surface area (Å²) in [6.07, 6.45) is 0. The fourth-order valence-corrected chi connectivity index (χ4v) is 7.69. The lowest BCUT2D eigenvalue weighted by molar-refractivity contribution is 0.564. The van der Waals surface area contributed by atoms with E-state index in [9.17, 15) is 10.5 Å². The first-order chi connectivity index (χ1) is 11.5. The summed E-state index contributed by atoms with van der Waals surface area (Å²) in [6, 6.07) is 12.6. The topological polar surface area (TPSA) is 86.0 Å². The third-order valence-corrected chi connectivity index (χ3v) is 8.44. The van der Waals surface area contributed by atoms with Crippen LogP contribution in [0, 0.1) is 33.5 Å². The highest BCUT2D eigenvalue weighted by molar-refractivity contribution is 9.10. The third-order valence-electron chi connectivity index (χ3n) is 4.82. The maximum absolute atomic E-state index is 10.2. The molecular formula is C17H17BrN4S2. The Morgan fingerprint density at radius 1 is 1.21 bits per heavy atom. The first-order valence-electron chi connectivity index (χ1n) is 7.72. The minimum Gasteiger partial charge on any atom is -0.386 e. The molecule has 7 heteroatoms. The molecule has 1 heterocycles. The van der Waals surface area contributed by atoms with Gasteiger partial charge >= 0.3 is 0 Å². The number of rotatable bonds is 5. The number of benzene rings is 1. The van der Waals surface area contributed by atoms with E-state index < -0.39 is 15.0 Å². The van der Waals surface area contributed by atoms with Crippen LogP contribution in [0.25, 0.3) is 0 Å². The summed E-state index contributed by atoms with van der Waals surface area (Å²) in [7, 11) is 0. The summed E-state index contributed by atoms with van der Waals surface area (Å²) in [5.74, 6) is 1.63. The van der Waals surface area contributed by atoms with Gasteiger partial charge in [0.2, 0.25) is 0 Å². The molecule has 1 aromatic rings. The molecule has 24 heavy (non-hydrogen) atoms. The Bertz CT molecular complexity index is 791. The molecule has 124 valence electrons. The van der Waals surface area contributed by atoms with Crippen molar-refractivity contribution < 1.29 is 0 Å². The van der Waals surface area contributed by atoms with Crippen molar-refractivity contribution >= 4 is 45.3 Å². The molecule has 1 aliphatic carbocycles. The molecule has 0 bridgehead atoms. The number of thioether (sulfide) groups is 2. The number of nitrogens with two attached hydrogens (primary N) is 1. The molecule has 0 spiro atoms. The molecule has 0 unspecified atom stereocenters. The lowest BCUT2D eigenvalue weighted by atomic mass is 9.97. The van der Waals surface area contributed by atoms with Gasteiger partial charge in [0.15, 0.2) is 4.20 Å². The molecule has 1 aromatic carbocycles. The third kappa shape index (κ3) is 1.84. The van der Waals surface area contributed by atoms with Gasteiger partial charge in [0.05, 0.1) is 12.1 Å². The molecule has 4 nitrogen and oxygen atoms in total. The second kappa shape index (κ2) is 5.98. The Morgan fingerprint density at radius 3 is 2.33 bits per heavy atom. The van der Waals surface area contributed by atoms with Crippen LogP contribution >= 0.6 is 39.5 Å². The predicted octanol–water partition coefficient (Wildman–Crippen LogP) is 4.10. The van der Waals surface area contributed by atoms with Crippen LogP contribution in [0.15, 0.2) is 33.7 Å². The minimum atomic E-state index is -1.05. The van der Waals surface area contributed by atoms with Gasteiger partial charge in [-0.25, -0.2) is 4.99 Å². The number of hydrogen-bond donors (Lipinski definition) is 1. The van der Waals surface area contributed by atoms with Crippen molar-refractivity contribution in [2.24, 2.45) is 21.6 Å². The van der Waals surface area contributed by atoms with Gasteiger partial charge in [0.1, 0.15) is 16.7 Å². The quantitative estimate of drug-likeness (QED) is 0.724. The Balaban J connectivity index is 2.25. The van der Waals surface area contributed by atoms with E-state index in [4.69, 9.17) is 5.73 Å². The fraction of sp³-hybridized carbons (Fsp3) is 0.471.